The van der Waals surface area contributed by atoms with Crippen molar-refractivity contribution in [2.24, 2.45) is 0 Å². The number of aromatic nitrogens is 1. The van der Waals surface area contributed by atoms with Crippen LogP contribution in [0, 0.1) is 0 Å². The minimum absolute atomic E-state index is 0.0107. The molecule has 3 aliphatic rings. The number of fused-ring (bicyclic) bond motifs is 1. The van der Waals surface area contributed by atoms with Crippen molar-refractivity contribution in [1.29, 1.82) is 0 Å². The third-order valence-electron chi connectivity index (χ3n) is 5.56. The Morgan fingerprint density at radius 3 is 2.76 bits per heavy atom. The quantitative estimate of drug-likeness (QED) is 0.827. The lowest BCUT2D eigenvalue weighted by atomic mass is 10.0. The molecule has 1 aromatic heterocycles. The molecule has 0 spiro atoms. The second kappa shape index (κ2) is 6.78. The number of oxazole rings is 1. The fraction of sp³-hybridized carbons (Fsp3) is 0.722. The fourth-order valence-corrected chi connectivity index (χ4v) is 4.00. The minimum Gasteiger partial charge on any atom is -0.445 e. The zero-order valence-electron chi connectivity index (χ0n) is 14.7. The highest BCUT2D eigenvalue weighted by Gasteiger charge is 2.35. The molecular weight excluding hydrogens is 322 g/mol. The summed E-state index contributed by atoms with van der Waals surface area (Å²) in [5.74, 6) is 2.13. The summed E-state index contributed by atoms with van der Waals surface area (Å²) in [6.07, 6.45) is 3.97. The van der Waals surface area contributed by atoms with Crippen LogP contribution in [0.5, 0.6) is 0 Å². The SMILES string of the molecule is CC(C(=O)N1CCc2oc(C3CCOCC3)nc2C1)N1CCCC1=O. The predicted molar refractivity (Wildman–Crippen MR) is 88.8 cm³/mol. The number of carbonyl (C=O) groups excluding carboxylic acids is 2. The van der Waals surface area contributed by atoms with E-state index in [1.165, 1.54) is 0 Å². The molecule has 0 aliphatic carbocycles. The van der Waals surface area contributed by atoms with Crippen LogP contribution < -0.4 is 0 Å². The Labute approximate surface area is 147 Å². The lowest BCUT2D eigenvalue weighted by Gasteiger charge is -2.31. The molecule has 136 valence electrons. The van der Waals surface area contributed by atoms with Gasteiger partial charge in [0.25, 0.3) is 0 Å². The lowest BCUT2D eigenvalue weighted by Crippen LogP contribution is -2.48. The summed E-state index contributed by atoms with van der Waals surface area (Å²) in [6.45, 7) is 5.13. The average Bonchev–Trinajstić information content (AvgIpc) is 3.26. The van der Waals surface area contributed by atoms with E-state index in [0.29, 0.717) is 38.4 Å². The van der Waals surface area contributed by atoms with Gasteiger partial charge in [0, 0.05) is 45.1 Å². The van der Waals surface area contributed by atoms with Crippen LogP contribution in [-0.2, 0) is 27.3 Å². The van der Waals surface area contributed by atoms with Crippen LogP contribution in [-0.4, -0.2) is 58.9 Å². The van der Waals surface area contributed by atoms with Crippen LogP contribution in [0.1, 0.15) is 55.9 Å². The van der Waals surface area contributed by atoms with Crippen molar-refractivity contribution in [3.05, 3.63) is 17.3 Å². The Bertz CT molecular complexity index is 665. The molecule has 7 nitrogen and oxygen atoms in total. The smallest absolute Gasteiger partial charge is 0.245 e. The number of nitrogens with zero attached hydrogens (tertiary/aromatic N) is 3. The average molecular weight is 347 g/mol. The largest absolute Gasteiger partial charge is 0.445 e. The van der Waals surface area contributed by atoms with Crippen molar-refractivity contribution < 1.29 is 18.7 Å². The molecule has 0 radical (unpaired) electrons. The highest BCUT2D eigenvalue weighted by molar-refractivity contribution is 5.88. The molecule has 1 aromatic rings. The summed E-state index contributed by atoms with van der Waals surface area (Å²) in [5, 5.41) is 0. The van der Waals surface area contributed by atoms with Gasteiger partial charge in [-0.05, 0) is 26.2 Å². The van der Waals surface area contributed by atoms with Gasteiger partial charge in [-0.1, -0.05) is 0 Å². The standard InChI is InChI=1S/C18H25N3O4/c1-12(21-7-2-3-16(21)22)18(23)20-8-4-15-14(11-20)19-17(25-15)13-5-9-24-10-6-13/h12-13H,2-11H2,1H3. The van der Waals surface area contributed by atoms with E-state index >= 15 is 0 Å². The Hall–Kier alpha value is -1.89. The summed E-state index contributed by atoms with van der Waals surface area (Å²) in [4.78, 5) is 32.9. The van der Waals surface area contributed by atoms with Gasteiger partial charge in [0.15, 0.2) is 5.89 Å². The van der Waals surface area contributed by atoms with Gasteiger partial charge in [0.1, 0.15) is 17.5 Å². The fourth-order valence-electron chi connectivity index (χ4n) is 4.00. The molecule has 2 amide bonds. The monoisotopic (exact) mass is 347 g/mol. The van der Waals surface area contributed by atoms with Crippen molar-refractivity contribution in [3.8, 4) is 0 Å². The summed E-state index contributed by atoms with van der Waals surface area (Å²) in [6, 6.07) is -0.390. The van der Waals surface area contributed by atoms with Crippen molar-refractivity contribution in [3.63, 3.8) is 0 Å². The first-order valence-corrected chi connectivity index (χ1v) is 9.28. The predicted octanol–water partition coefficient (Wildman–Crippen LogP) is 1.46. The normalized spacial score (nSPS) is 23.0. The maximum Gasteiger partial charge on any atom is 0.245 e. The molecule has 4 heterocycles. The van der Waals surface area contributed by atoms with E-state index in [9.17, 15) is 9.59 Å². The van der Waals surface area contributed by atoms with Crippen LogP contribution in [0.3, 0.4) is 0 Å². The second-order valence-electron chi connectivity index (χ2n) is 7.19. The molecule has 2 saturated heterocycles. The van der Waals surface area contributed by atoms with Gasteiger partial charge in [-0.3, -0.25) is 9.59 Å². The van der Waals surface area contributed by atoms with E-state index in [-0.39, 0.29) is 11.8 Å². The van der Waals surface area contributed by atoms with Gasteiger partial charge in [-0.2, -0.15) is 0 Å². The molecule has 1 atom stereocenters. The molecular formula is C18H25N3O4. The highest BCUT2D eigenvalue weighted by Crippen LogP contribution is 2.30. The van der Waals surface area contributed by atoms with Crippen LogP contribution >= 0.6 is 0 Å². The number of hydrogen-bond donors (Lipinski definition) is 0. The first kappa shape index (κ1) is 16.6. The summed E-state index contributed by atoms with van der Waals surface area (Å²) in [7, 11) is 0. The van der Waals surface area contributed by atoms with E-state index in [1.54, 1.807) is 4.90 Å². The topological polar surface area (TPSA) is 75.9 Å². The second-order valence-corrected chi connectivity index (χ2v) is 7.19. The van der Waals surface area contributed by atoms with E-state index in [1.807, 2.05) is 11.8 Å². The van der Waals surface area contributed by atoms with Gasteiger partial charge in [-0.15, -0.1) is 0 Å². The maximum absolute atomic E-state index is 12.8. The number of hydrogen-bond acceptors (Lipinski definition) is 5. The van der Waals surface area contributed by atoms with Crippen molar-refractivity contribution >= 4 is 11.8 Å². The molecule has 0 saturated carbocycles. The molecule has 0 bridgehead atoms. The summed E-state index contributed by atoms with van der Waals surface area (Å²) >= 11 is 0. The van der Waals surface area contributed by atoms with Gasteiger partial charge >= 0.3 is 0 Å². The first-order valence-electron chi connectivity index (χ1n) is 9.28. The van der Waals surface area contributed by atoms with Gasteiger partial charge in [0.05, 0.1) is 6.54 Å². The molecule has 7 heteroatoms. The first-order chi connectivity index (χ1) is 12.1. The van der Waals surface area contributed by atoms with E-state index in [2.05, 4.69) is 4.98 Å². The summed E-state index contributed by atoms with van der Waals surface area (Å²) < 4.78 is 11.4. The van der Waals surface area contributed by atoms with Gasteiger partial charge in [0.2, 0.25) is 11.8 Å². The number of carbonyl (C=O) groups is 2. The van der Waals surface area contributed by atoms with Crippen molar-refractivity contribution in [1.82, 2.24) is 14.8 Å². The zero-order valence-corrected chi connectivity index (χ0v) is 14.7. The van der Waals surface area contributed by atoms with Crippen LogP contribution in [0.15, 0.2) is 4.42 Å². The van der Waals surface area contributed by atoms with Crippen LogP contribution in [0.2, 0.25) is 0 Å². The third-order valence-corrected chi connectivity index (χ3v) is 5.56. The van der Waals surface area contributed by atoms with Crippen molar-refractivity contribution in [2.45, 2.75) is 57.5 Å². The summed E-state index contributed by atoms with van der Waals surface area (Å²) in [5.41, 5.74) is 0.876. The number of ether oxygens (including phenoxy) is 1. The maximum atomic E-state index is 12.8. The van der Waals surface area contributed by atoms with Crippen molar-refractivity contribution in [2.75, 3.05) is 26.3 Å². The number of amides is 2. The molecule has 3 aliphatic heterocycles. The van der Waals surface area contributed by atoms with Crippen LogP contribution in [0.25, 0.3) is 0 Å². The lowest BCUT2D eigenvalue weighted by molar-refractivity contribution is -0.143. The Morgan fingerprint density at radius 2 is 2.04 bits per heavy atom. The van der Waals surface area contributed by atoms with Crippen LogP contribution in [0.4, 0.5) is 0 Å². The highest BCUT2D eigenvalue weighted by atomic mass is 16.5. The van der Waals surface area contributed by atoms with Gasteiger partial charge < -0.3 is 19.0 Å². The van der Waals surface area contributed by atoms with E-state index < -0.39 is 6.04 Å². The molecule has 4 rings (SSSR count). The number of likely N-dealkylation sites (tertiary alicyclic amines) is 1. The molecule has 0 aromatic carbocycles. The van der Waals surface area contributed by atoms with E-state index in [4.69, 9.17) is 9.15 Å². The zero-order chi connectivity index (χ0) is 17.4. The molecule has 25 heavy (non-hydrogen) atoms. The molecule has 2 fully saturated rings. The molecule has 1 unspecified atom stereocenters. The Morgan fingerprint density at radius 1 is 1.24 bits per heavy atom. The number of rotatable bonds is 3. The van der Waals surface area contributed by atoms with E-state index in [0.717, 1.165) is 49.8 Å². The van der Waals surface area contributed by atoms with Gasteiger partial charge in [-0.25, -0.2) is 4.98 Å². The third kappa shape index (κ3) is 3.17. The molecule has 0 N–H and O–H groups in total. The Balaban J connectivity index is 1.44. The minimum atomic E-state index is -0.390. The Kier molecular flexibility index (Phi) is 4.50.